The lowest BCUT2D eigenvalue weighted by atomic mass is 9.99. The lowest BCUT2D eigenvalue weighted by molar-refractivity contribution is -0.131. The van der Waals surface area contributed by atoms with Crippen LogP contribution >= 0.6 is 0 Å². The summed E-state index contributed by atoms with van der Waals surface area (Å²) in [6, 6.07) is 7.26. The van der Waals surface area contributed by atoms with Crippen LogP contribution in [0, 0.1) is 0 Å². The highest BCUT2D eigenvalue weighted by atomic mass is 16.5. The summed E-state index contributed by atoms with van der Waals surface area (Å²) in [7, 11) is 2.92. The topological polar surface area (TPSA) is 98.1 Å². The number of hydrogen-bond acceptors (Lipinski definition) is 6. The molecule has 3 amide bonds. The van der Waals surface area contributed by atoms with E-state index < -0.39 is 29.8 Å². The zero-order valence-electron chi connectivity index (χ0n) is 14.6. The van der Waals surface area contributed by atoms with Gasteiger partial charge in [0.2, 0.25) is 0 Å². The van der Waals surface area contributed by atoms with Gasteiger partial charge in [0.1, 0.15) is 17.3 Å². The van der Waals surface area contributed by atoms with E-state index in [1.165, 1.54) is 33.5 Å². The summed E-state index contributed by atoms with van der Waals surface area (Å²) < 4.78 is 15.6. The molecule has 1 aliphatic rings. The minimum atomic E-state index is -1.34. The van der Waals surface area contributed by atoms with E-state index in [1.54, 1.807) is 24.3 Å². The molecule has 1 aromatic heterocycles. The fourth-order valence-electron chi connectivity index (χ4n) is 2.83. The quantitative estimate of drug-likeness (QED) is 0.626. The van der Waals surface area contributed by atoms with Crippen LogP contribution in [0.2, 0.25) is 0 Å². The Morgan fingerprint density at radius 1 is 1.23 bits per heavy atom. The number of ketones is 1. The number of nitrogens with one attached hydrogen (secondary N) is 1. The van der Waals surface area contributed by atoms with E-state index in [2.05, 4.69) is 5.32 Å². The van der Waals surface area contributed by atoms with E-state index in [0.29, 0.717) is 17.3 Å². The minimum Gasteiger partial charge on any atom is -0.497 e. The number of urea groups is 1. The minimum absolute atomic E-state index is 0.250. The monoisotopic (exact) mass is 358 g/mol. The zero-order chi connectivity index (χ0) is 18.9. The number of amides is 3. The van der Waals surface area contributed by atoms with Gasteiger partial charge in [-0.2, -0.15) is 0 Å². The van der Waals surface area contributed by atoms with Crippen LogP contribution in [-0.2, 0) is 10.3 Å². The second kappa shape index (κ2) is 6.55. The first-order chi connectivity index (χ1) is 12.4. The summed E-state index contributed by atoms with van der Waals surface area (Å²) in [5.74, 6) is 0.136. The highest BCUT2D eigenvalue weighted by Gasteiger charge is 2.51. The third-order valence-corrected chi connectivity index (χ3v) is 4.30. The molecule has 1 aliphatic heterocycles. The van der Waals surface area contributed by atoms with Crippen LogP contribution in [0.4, 0.5) is 4.79 Å². The first kappa shape index (κ1) is 17.5. The van der Waals surface area contributed by atoms with Crippen LogP contribution in [-0.4, -0.2) is 43.4 Å². The fourth-order valence-corrected chi connectivity index (χ4v) is 2.83. The van der Waals surface area contributed by atoms with Crippen molar-refractivity contribution in [3.8, 4) is 11.5 Å². The average molecular weight is 358 g/mol. The third-order valence-electron chi connectivity index (χ3n) is 4.30. The number of methoxy groups -OCH3 is 2. The maximum Gasteiger partial charge on any atom is 0.325 e. The molecule has 1 unspecified atom stereocenters. The SMILES string of the molecule is COc1ccc(C(=O)CN2C(=O)NC(C)(c3ccco3)C2=O)c(OC)c1. The second-order valence-electron chi connectivity index (χ2n) is 5.91. The van der Waals surface area contributed by atoms with Gasteiger partial charge >= 0.3 is 6.03 Å². The Labute approximate surface area is 149 Å². The molecule has 26 heavy (non-hydrogen) atoms. The summed E-state index contributed by atoms with van der Waals surface area (Å²) in [6.07, 6.45) is 1.41. The van der Waals surface area contributed by atoms with Crippen molar-refractivity contribution in [2.45, 2.75) is 12.5 Å². The number of rotatable bonds is 6. The van der Waals surface area contributed by atoms with Crippen LogP contribution in [0.1, 0.15) is 23.0 Å². The Hall–Kier alpha value is -3.29. The van der Waals surface area contributed by atoms with Gasteiger partial charge < -0.3 is 19.2 Å². The maximum absolute atomic E-state index is 12.7. The molecule has 0 spiro atoms. The zero-order valence-corrected chi connectivity index (χ0v) is 14.6. The number of nitrogens with zero attached hydrogens (tertiary/aromatic N) is 1. The lowest BCUT2D eigenvalue weighted by Crippen LogP contribution is -2.41. The Morgan fingerprint density at radius 2 is 2.00 bits per heavy atom. The van der Waals surface area contributed by atoms with Crippen molar-refractivity contribution in [2.24, 2.45) is 0 Å². The van der Waals surface area contributed by atoms with Crippen LogP contribution in [0.25, 0.3) is 0 Å². The van der Waals surface area contributed by atoms with Crippen LogP contribution in [0.5, 0.6) is 11.5 Å². The van der Waals surface area contributed by atoms with E-state index in [0.717, 1.165) is 4.90 Å². The molecule has 0 aliphatic carbocycles. The Balaban J connectivity index is 1.84. The van der Waals surface area contributed by atoms with Crippen molar-refractivity contribution in [1.82, 2.24) is 10.2 Å². The number of furan rings is 1. The molecule has 1 saturated heterocycles. The number of imide groups is 1. The average Bonchev–Trinajstić information content (AvgIpc) is 3.25. The van der Waals surface area contributed by atoms with Gasteiger partial charge in [-0.15, -0.1) is 0 Å². The van der Waals surface area contributed by atoms with Crippen molar-refractivity contribution in [1.29, 1.82) is 0 Å². The van der Waals surface area contributed by atoms with Gasteiger partial charge in [0.05, 0.1) is 32.6 Å². The summed E-state index contributed by atoms with van der Waals surface area (Å²) in [6.45, 7) is 1.12. The Kier molecular flexibility index (Phi) is 4.41. The fraction of sp³-hybridized carbons (Fsp3) is 0.278. The number of benzene rings is 1. The molecule has 1 fully saturated rings. The van der Waals surface area contributed by atoms with E-state index in [-0.39, 0.29) is 5.56 Å². The number of carbonyl (C=O) groups excluding carboxylic acids is 3. The molecule has 3 rings (SSSR count). The molecule has 2 aromatic rings. The van der Waals surface area contributed by atoms with Crippen molar-refractivity contribution in [3.05, 3.63) is 47.9 Å². The predicted octanol–water partition coefficient (Wildman–Crippen LogP) is 1.95. The van der Waals surface area contributed by atoms with Gasteiger partial charge in [-0.1, -0.05) is 0 Å². The van der Waals surface area contributed by atoms with Crippen LogP contribution in [0.3, 0.4) is 0 Å². The van der Waals surface area contributed by atoms with Crippen molar-refractivity contribution in [3.63, 3.8) is 0 Å². The molecule has 2 heterocycles. The summed E-state index contributed by atoms with van der Waals surface area (Å²) in [5.41, 5.74) is -1.09. The normalized spacial score (nSPS) is 19.4. The number of Topliss-reactive ketones (excluding diaryl/α,β-unsaturated/α-hetero) is 1. The standard InChI is InChI=1S/C18H18N2O6/c1-18(15-5-4-8-26-15)16(22)20(17(23)19-18)10-13(21)12-7-6-11(24-2)9-14(12)25-3/h4-9H,10H2,1-3H3,(H,19,23). The van der Waals surface area contributed by atoms with Gasteiger partial charge in [-0.3, -0.25) is 14.5 Å². The van der Waals surface area contributed by atoms with E-state index in [4.69, 9.17) is 13.9 Å². The van der Waals surface area contributed by atoms with Crippen molar-refractivity contribution < 1.29 is 28.3 Å². The van der Waals surface area contributed by atoms with Crippen molar-refractivity contribution >= 4 is 17.7 Å². The first-order valence-electron chi connectivity index (χ1n) is 7.84. The summed E-state index contributed by atoms with van der Waals surface area (Å²) >= 11 is 0. The smallest absolute Gasteiger partial charge is 0.325 e. The van der Waals surface area contributed by atoms with E-state index >= 15 is 0 Å². The molecule has 1 N–H and O–H groups in total. The van der Waals surface area contributed by atoms with Gasteiger partial charge in [0.15, 0.2) is 11.3 Å². The van der Waals surface area contributed by atoms with Gasteiger partial charge in [-0.05, 0) is 31.2 Å². The number of carbonyl (C=O) groups is 3. The maximum atomic E-state index is 12.7. The lowest BCUT2D eigenvalue weighted by Gasteiger charge is -2.19. The molecule has 0 bridgehead atoms. The van der Waals surface area contributed by atoms with Gasteiger partial charge in [-0.25, -0.2) is 4.79 Å². The highest BCUT2D eigenvalue weighted by molar-refractivity contribution is 6.11. The third kappa shape index (κ3) is 2.79. The molecule has 0 saturated carbocycles. The molecule has 1 aromatic carbocycles. The predicted molar refractivity (Wildman–Crippen MR) is 90.2 cm³/mol. The van der Waals surface area contributed by atoms with E-state index in [9.17, 15) is 14.4 Å². The highest BCUT2D eigenvalue weighted by Crippen LogP contribution is 2.30. The molecular weight excluding hydrogens is 340 g/mol. The first-order valence-corrected chi connectivity index (χ1v) is 7.84. The van der Waals surface area contributed by atoms with E-state index in [1.807, 2.05) is 0 Å². The molecule has 8 heteroatoms. The number of ether oxygens (including phenoxy) is 2. The largest absolute Gasteiger partial charge is 0.497 e. The van der Waals surface area contributed by atoms with Crippen LogP contribution in [0.15, 0.2) is 41.0 Å². The van der Waals surface area contributed by atoms with Gasteiger partial charge in [0, 0.05) is 6.07 Å². The Bertz CT molecular complexity index is 861. The summed E-state index contributed by atoms with van der Waals surface area (Å²) in [4.78, 5) is 38.5. The van der Waals surface area contributed by atoms with Crippen LogP contribution < -0.4 is 14.8 Å². The molecule has 136 valence electrons. The second-order valence-corrected chi connectivity index (χ2v) is 5.91. The molecule has 8 nitrogen and oxygen atoms in total. The van der Waals surface area contributed by atoms with Crippen molar-refractivity contribution in [2.75, 3.05) is 20.8 Å². The number of hydrogen-bond donors (Lipinski definition) is 1. The Morgan fingerprint density at radius 3 is 2.62 bits per heavy atom. The molecule has 0 radical (unpaired) electrons. The van der Waals surface area contributed by atoms with Gasteiger partial charge in [0.25, 0.3) is 5.91 Å². The summed E-state index contributed by atoms with van der Waals surface area (Å²) in [5, 5.41) is 2.58. The molecule has 1 atom stereocenters. The molecular formula is C18H18N2O6.